The van der Waals surface area contributed by atoms with E-state index in [-0.39, 0.29) is 33.8 Å². The number of hydrogen-bond acceptors (Lipinski definition) is 17. The van der Waals surface area contributed by atoms with Gasteiger partial charge in [-0.25, -0.2) is 4.79 Å². The van der Waals surface area contributed by atoms with Gasteiger partial charge in [0, 0.05) is 23.8 Å². The van der Waals surface area contributed by atoms with E-state index in [1.165, 1.54) is 49.4 Å². The van der Waals surface area contributed by atoms with E-state index in [0.29, 0.717) is 5.56 Å². The Hall–Kier alpha value is -5.24. The van der Waals surface area contributed by atoms with Crippen molar-refractivity contribution in [2.75, 3.05) is 13.2 Å². The first-order valence-corrected chi connectivity index (χ1v) is 16.7. The van der Waals surface area contributed by atoms with Crippen LogP contribution in [0.15, 0.2) is 76.0 Å². The van der Waals surface area contributed by atoms with E-state index >= 15 is 0 Å². The lowest BCUT2D eigenvalue weighted by molar-refractivity contribution is -0.294. The van der Waals surface area contributed by atoms with Crippen molar-refractivity contribution in [3.63, 3.8) is 0 Å². The molecule has 2 saturated heterocycles. The van der Waals surface area contributed by atoms with E-state index in [1.54, 1.807) is 12.1 Å². The highest BCUT2D eigenvalue weighted by Gasteiger charge is 2.48. The number of rotatable bonds is 10. The molecule has 288 valence electrons. The molecule has 4 aromatic rings. The minimum atomic E-state index is -1.80. The molecule has 17 heteroatoms. The van der Waals surface area contributed by atoms with Crippen LogP contribution < -0.4 is 10.2 Å². The summed E-state index contributed by atoms with van der Waals surface area (Å²) in [6.45, 7) is 0.232. The lowest BCUT2D eigenvalue weighted by Gasteiger charge is -2.43. The second-order valence-electron chi connectivity index (χ2n) is 12.8. The number of hydrogen-bond donors (Lipinski definition) is 9. The Morgan fingerprint density at radius 3 is 2.06 bits per heavy atom. The van der Waals surface area contributed by atoms with E-state index in [1.807, 2.05) is 0 Å². The molecule has 10 atom stereocenters. The summed E-state index contributed by atoms with van der Waals surface area (Å²) in [6.07, 6.45) is -13.2. The van der Waals surface area contributed by atoms with Crippen LogP contribution in [0, 0.1) is 0 Å². The quantitative estimate of drug-likeness (QED) is 0.0793. The first-order chi connectivity index (χ1) is 25.7. The molecule has 6 rings (SSSR count). The number of benzene rings is 3. The zero-order valence-electron chi connectivity index (χ0n) is 28.4. The van der Waals surface area contributed by atoms with Crippen LogP contribution in [0.2, 0.25) is 0 Å². The fraction of sp³-hybridized carbons (Fsp3) is 0.351. The molecule has 0 radical (unpaired) electrons. The number of carbonyl (C=O) groups is 1. The summed E-state index contributed by atoms with van der Waals surface area (Å²) in [7, 11) is 0. The summed E-state index contributed by atoms with van der Waals surface area (Å²) in [5.74, 6) is -2.72. The number of fused-ring (bicyclic) bond motifs is 1. The van der Waals surface area contributed by atoms with Crippen LogP contribution in [0.1, 0.15) is 12.5 Å². The number of aliphatic hydroxyl groups is 5. The monoisotopic (exact) mass is 754 g/mol. The van der Waals surface area contributed by atoms with Gasteiger partial charge in [0.1, 0.15) is 89.4 Å². The predicted molar refractivity (Wildman–Crippen MR) is 184 cm³/mol. The van der Waals surface area contributed by atoms with Crippen molar-refractivity contribution in [2.24, 2.45) is 0 Å². The van der Waals surface area contributed by atoms with Crippen molar-refractivity contribution in [1.82, 2.24) is 0 Å². The van der Waals surface area contributed by atoms with Crippen LogP contribution in [0.25, 0.3) is 28.4 Å². The Morgan fingerprint density at radius 1 is 0.759 bits per heavy atom. The number of phenols is 4. The minimum absolute atomic E-state index is 0.0395. The van der Waals surface area contributed by atoms with Crippen LogP contribution >= 0.6 is 0 Å². The van der Waals surface area contributed by atoms with Gasteiger partial charge in [-0.05, 0) is 55.0 Å². The first kappa shape index (κ1) is 38.5. The predicted octanol–water partition coefficient (Wildman–Crippen LogP) is 0.620. The Balaban J connectivity index is 1.22. The molecule has 54 heavy (non-hydrogen) atoms. The fourth-order valence-corrected chi connectivity index (χ4v) is 6.04. The summed E-state index contributed by atoms with van der Waals surface area (Å²) in [5.41, 5.74) is -0.347. The number of ether oxygens (including phenoxy) is 5. The smallest absolute Gasteiger partial charge is 0.330 e. The average Bonchev–Trinajstić information content (AvgIpc) is 3.14. The van der Waals surface area contributed by atoms with Crippen LogP contribution in [0.5, 0.6) is 28.7 Å². The summed E-state index contributed by atoms with van der Waals surface area (Å²) in [6, 6.07) is 13.4. The molecule has 0 saturated carbocycles. The molecular weight excluding hydrogens is 716 g/mol. The highest BCUT2D eigenvalue weighted by atomic mass is 16.7. The standard InChI is InChI=1S/C37H38O17/c1-16-28(43)33(48)36(50-15-25-30(45)32(47)29(44)24(52-25)14-49-26(42)11-4-17-2-7-19(38)8-3-17)37(51-16)54-35-31(46)27-22(41)12-21(40)13-23(27)53-34(35)18-5-9-20(39)10-6-18/h2-13,16,24-25,28-30,32-33,36-41,43-45,47-48H,14-15H2,1H3/b11-4+/t16-,24-,25+,28-,29-,30+,32+,33+,36+,37-/m1/s1. The van der Waals surface area contributed by atoms with E-state index in [2.05, 4.69) is 0 Å². The third kappa shape index (κ3) is 8.13. The topological polar surface area (TPSA) is 275 Å². The van der Waals surface area contributed by atoms with E-state index in [9.17, 15) is 55.5 Å². The maximum Gasteiger partial charge on any atom is 0.330 e. The van der Waals surface area contributed by atoms with E-state index in [0.717, 1.165) is 18.2 Å². The molecule has 2 fully saturated rings. The molecule has 0 amide bonds. The molecular formula is C37H38O17. The second-order valence-corrected chi connectivity index (χ2v) is 12.8. The maximum atomic E-state index is 13.9. The zero-order chi connectivity index (χ0) is 38.8. The molecule has 0 unspecified atom stereocenters. The first-order valence-electron chi connectivity index (χ1n) is 16.7. The van der Waals surface area contributed by atoms with Crippen LogP contribution in [0.3, 0.4) is 0 Å². The van der Waals surface area contributed by atoms with E-state index < -0.39 is 103 Å². The molecule has 0 spiro atoms. The lowest BCUT2D eigenvalue weighted by atomic mass is 9.95. The van der Waals surface area contributed by atoms with Crippen LogP contribution in [-0.2, 0) is 23.7 Å². The normalized spacial score (nSPS) is 28.6. The highest BCUT2D eigenvalue weighted by molar-refractivity contribution is 5.88. The Kier molecular flexibility index (Phi) is 11.4. The van der Waals surface area contributed by atoms with Crippen LogP contribution in [0.4, 0.5) is 0 Å². The molecule has 2 aliphatic rings. The Bertz CT molecular complexity index is 2030. The van der Waals surface area contributed by atoms with Gasteiger partial charge in [0.05, 0.1) is 12.7 Å². The molecule has 0 aliphatic carbocycles. The molecule has 9 N–H and O–H groups in total. The maximum absolute atomic E-state index is 13.9. The van der Waals surface area contributed by atoms with Crippen molar-refractivity contribution < 1.29 is 78.9 Å². The van der Waals surface area contributed by atoms with Crippen molar-refractivity contribution in [3.8, 4) is 40.1 Å². The van der Waals surface area contributed by atoms with Gasteiger partial charge in [-0.1, -0.05) is 12.1 Å². The molecule has 17 nitrogen and oxygen atoms in total. The van der Waals surface area contributed by atoms with E-state index in [4.69, 9.17) is 28.1 Å². The summed E-state index contributed by atoms with van der Waals surface area (Å²) in [4.78, 5) is 26.2. The van der Waals surface area contributed by atoms with Crippen molar-refractivity contribution in [2.45, 2.75) is 68.1 Å². The summed E-state index contributed by atoms with van der Waals surface area (Å²) in [5, 5.41) is 93.2. The van der Waals surface area contributed by atoms with Crippen molar-refractivity contribution >= 4 is 23.0 Å². The average molecular weight is 755 g/mol. The lowest BCUT2D eigenvalue weighted by Crippen LogP contribution is -2.62. The van der Waals surface area contributed by atoms with Crippen LogP contribution in [-0.4, -0.2) is 126 Å². The van der Waals surface area contributed by atoms with Crippen molar-refractivity contribution in [1.29, 1.82) is 0 Å². The molecule has 3 heterocycles. The molecule has 1 aromatic heterocycles. The molecule has 3 aromatic carbocycles. The third-order valence-electron chi connectivity index (χ3n) is 9.02. The molecule has 2 aliphatic heterocycles. The Morgan fingerprint density at radius 2 is 1.39 bits per heavy atom. The number of phenolic OH excluding ortho intramolecular Hbond substituents is 4. The van der Waals surface area contributed by atoms with Gasteiger partial charge >= 0.3 is 5.97 Å². The Labute approximate surface area is 305 Å². The van der Waals surface area contributed by atoms with Gasteiger partial charge in [0.15, 0.2) is 5.76 Å². The SMILES string of the molecule is C[C@H]1O[C@H](Oc2c(-c3ccc(O)cc3)oc3cc(O)cc(O)c3c2=O)[C@@H](OC[C@@H]2O[C@H](COC(=O)/C=C/c3ccc(O)cc3)[C@@H](O)[C@H](O)[C@H]2O)[C@@H](O)[C@@H]1O. The number of aromatic hydroxyl groups is 4. The second kappa shape index (κ2) is 16.0. The summed E-state index contributed by atoms with van der Waals surface area (Å²) < 4.78 is 34.5. The highest BCUT2D eigenvalue weighted by Crippen LogP contribution is 2.38. The number of carbonyl (C=O) groups excluding carboxylic acids is 1. The van der Waals surface area contributed by atoms with Gasteiger partial charge in [-0.15, -0.1) is 0 Å². The van der Waals surface area contributed by atoms with Gasteiger partial charge < -0.3 is 74.1 Å². The van der Waals surface area contributed by atoms with Gasteiger partial charge in [-0.3, -0.25) is 4.79 Å². The zero-order valence-corrected chi connectivity index (χ0v) is 28.4. The number of esters is 1. The molecule has 0 bridgehead atoms. The minimum Gasteiger partial charge on any atom is -0.508 e. The largest absolute Gasteiger partial charge is 0.508 e. The summed E-state index contributed by atoms with van der Waals surface area (Å²) >= 11 is 0. The fourth-order valence-electron chi connectivity index (χ4n) is 6.04. The van der Waals surface area contributed by atoms with Gasteiger partial charge in [0.25, 0.3) is 0 Å². The van der Waals surface area contributed by atoms with Crippen molar-refractivity contribution in [3.05, 3.63) is 82.5 Å². The number of aliphatic hydroxyl groups excluding tert-OH is 5. The third-order valence-corrected chi connectivity index (χ3v) is 9.02. The van der Waals surface area contributed by atoms with Gasteiger partial charge in [0.2, 0.25) is 17.5 Å². The van der Waals surface area contributed by atoms with Gasteiger partial charge in [-0.2, -0.15) is 0 Å².